The Morgan fingerprint density at radius 2 is 2.00 bits per heavy atom. The highest BCUT2D eigenvalue weighted by Gasteiger charge is 2.14. The van der Waals surface area contributed by atoms with Crippen molar-refractivity contribution in [2.75, 3.05) is 52.0 Å². The summed E-state index contributed by atoms with van der Waals surface area (Å²) >= 11 is 0. The Balaban J connectivity index is 1.74. The number of piperazine rings is 1. The summed E-state index contributed by atoms with van der Waals surface area (Å²) in [4.78, 5) is 16.7. The Morgan fingerprint density at radius 1 is 1.32 bits per heavy atom. The van der Waals surface area contributed by atoms with E-state index in [1.165, 1.54) is 0 Å². The fraction of sp³-hybridized carbons (Fsp3) is 0.615. The van der Waals surface area contributed by atoms with Crippen molar-refractivity contribution in [2.45, 2.75) is 0 Å². The molecule has 0 radical (unpaired) electrons. The number of nitrogens with two attached hydrogens (primary N) is 1. The third-order valence-corrected chi connectivity index (χ3v) is 3.57. The van der Waals surface area contributed by atoms with Crippen molar-refractivity contribution >= 4 is 11.6 Å². The van der Waals surface area contributed by atoms with Crippen LogP contribution in [-0.2, 0) is 7.05 Å². The smallest absolute Gasteiger partial charge is 0.268 e. The number of nitrogen functional groups attached to an aromatic ring is 1. The summed E-state index contributed by atoms with van der Waals surface area (Å²) in [6, 6.07) is 1.70. The number of rotatable bonds is 4. The summed E-state index contributed by atoms with van der Waals surface area (Å²) in [7, 11) is 3.96. The van der Waals surface area contributed by atoms with Crippen molar-refractivity contribution in [1.29, 1.82) is 0 Å². The highest BCUT2D eigenvalue weighted by Crippen LogP contribution is 2.08. The third kappa shape index (κ3) is 3.71. The van der Waals surface area contributed by atoms with Crippen molar-refractivity contribution in [3.05, 3.63) is 18.0 Å². The Hall–Kier alpha value is -1.53. The second-order valence-electron chi connectivity index (χ2n) is 5.17. The van der Waals surface area contributed by atoms with Gasteiger partial charge in [0.15, 0.2) is 0 Å². The number of carbonyl (C=O) groups is 1. The molecule has 1 aliphatic heterocycles. The lowest BCUT2D eigenvalue weighted by molar-refractivity contribution is 0.0933. The minimum absolute atomic E-state index is 0.0617. The maximum absolute atomic E-state index is 12.0. The second kappa shape index (κ2) is 6.08. The van der Waals surface area contributed by atoms with Gasteiger partial charge >= 0.3 is 0 Å². The Labute approximate surface area is 114 Å². The number of anilines is 1. The Kier molecular flexibility index (Phi) is 4.44. The molecule has 1 saturated heterocycles. The van der Waals surface area contributed by atoms with E-state index in [2.05, 4.69) is 22.2 Å². The van der Waals surface area contributed by atoms with Gasteiger partial charge in [-0.1, -0.05) is 0 Å². The maximum Gasteiger partial charge on any atom is 0.268 e. The van der Waals surface area contributed by atoms with E-state index in [9.17, 15) is 4.79 Å². The highest BCUT2D eigenvalue weighted by atomic mass is 16.1. The van der Waals surface area contributed by atoms with Gasteiger partial charge in [0, 0.05) is 52.5 Å². The summed E-state index contributed by atoms with van der Waals surface area (Å²) in [5.74, 6) is -0.0617. The molecule has 19 heavy (non-hydrogen) atoms. The average molecular weight is 265 g/mol. The molecule has 106 valence electrons. The molecule has 0 unspecified atom stereocenters. The lowest BCUT2D eigenvalue weighted by atomic mass is 10.3. The van der Waals surface area contributed by atoms with Gasteiger partial charge < -0.3 is 20.5 Å². The molecule has 2 heterocycles. The van der Waals surface area contributed by atoms with E-state index >= 15 is 0 Å². The molecule has 0 bridgehead atoms. The summed E-state index contributed by atoms with van der Waals surface area (Å²) in [5.41, 5.74) is 6.89. The van der Waals surface area contributed by atoms with Crippen LogP contribution in [0, 0.1) is 0 Å². The van der Waals surface area contributed by atoms with Gasteiger partial charge in [-0.05, 0) is 13.1 Å². The van der Waals surface area contributed by atoms with Crippen LogP contribution < -0.4 is 11.1 Å². The number of hydrogen-bond acceptors (Lipinski definition) is 4. The topological polar surface area (TPSA) is 66.5 Å². The molecule has 1 aliphatic rings. The van der Waals surface area contributed by atoms with Gasteiger partial charge in [0.2, 0.25) is 0 Å². The second-order valence-corrected chi connectivity index (χ2v) is 5.17. The van der Waals surface area contributed by atoms with Gasteiger partial charge in [-0.3, -0.25) is 9.69 Å². The summed E-state index contributed by atoms with van der Waals surface area (Å²) in [6.07, 6.45) is 1.75. The van der Waals surface area contributed by atoms with E-state index in [4.69, 9.17) is 5.73 Å². The largest absolute Gasteiger partial charge is 0.397 e. The SMILES string of the molecule is CN1CCN(CCNC(=O)c2cc(N)cn2C)CC1. The van der Waals surface area contributed by atoms with Crippen LogP contribution in [-0.4, -0.2) is 66.6 Å². The number of hydrogen-bond donors (Lipinski definition) is 2. The average Bonchev–Trinajstić information content (AvgIpc) is 2.71. The van der Waals surface area contributed by atoms with E-state index in [1.54, 1.807) is 16.8 Å². The van der Waals surface area contributed by atoms with Crippen molar-refractivity contribution in [3.63, 3.8) is 0 Å². The molecule has 0 aliphatic carbocycles. The molecule has 1 aromatic heterocycles. The predicted molar refractivity (Wildman–Crippen MR) is 76.1 cm³/mol. The molecule has 0 atom stereocenters. The van der Waals surface area contributed by atoms with Crippen LogP contribution in [0.3, 0.4) is 0 Å². The molecule has 1 aromatic rings. The molecule has 0 spiro atoms. The Morgan fingerprint density at radius 3 is 2.58 bits per heavy atom. The van der Waals surface area contributed by atoms with Crippen molar-refractivity contribution < 1.29 is 4.79 Å². The van der Waals surface area contributed by atoms with Crippen LogP contribution >= 0.6 is 0 Å². The minimum atomic E-state index is -0.0617. The fourth-order valence-electron chi connectivity index (χ4n) is 2.31. The number of aromatic nitrogens is 1. The van der Waals surface area contributed by atoms with Crippen molar-refractivity contribution in [3.8, 4) is 0 Å². The molecule has 1 fully saturated rings. The van der Waals surface area contributed by atoms with E-state index in [1.807, 2.05) is 7.05 Å². The van der Waals surface area contributed by atoms with Gasteiger partial charge in [-0.2, -0.15) is 0 Å². The number of likely N-dealkylation sites (N-methyl/N-ethyl adjacent to an activating group) is 1. The van der Waals surface area contributed by atoms with Gasteiger partial charge in [0.1, 0.15) is 5.69 Å². The van der Waals surface area contributed by atoms with E-state index < -0.39 is 0 Å². The van der Waals surface area contributed by atoms with Crippen LogP contribution in [0.15, 0.2) is 12.3 Å². The number of nitrogens with zero attached hydrogens (tertiary/aromatic N) is 3. The molecule has 1 amide bonds. The molecular weight excluding hydrogens is 242 g/mol. The fourth-order valence-corrected chi connectivity index (χ4v) is 2.31. The molecule has 6 nitrogen and oxygen atoms in total. The minimum Gasteiger partial charge on any atom is -0.397 e. The number of amides is 1. The predicted octanol–water partition coefficient (Wildman–Crippen LogP) is -0.415. The zero-order chi connectivity index (χ0) is 13.8. The van der Waals surface area contributed by atoms with Gasteiger partial charge in [-0.15, -0.1) is 0 Å². The first-order valence-electron chi connectivity index (χ1n) is 6.67. The standard InChI is InChI=1S/C13H23N5O/c1-16-5-7-18(8-6-16)4-3-15-13(19)12-9-11(14)10-17(12)2/h9-10H,3-8,14H2,1-2H3,(H,15,19). The lowest BCUT2D eigenvalue weighted by Gasteiger charge is -2.32. The van der Waals surface area contributed by atoms with Crippen molar-refractivity contribution in [2.24, 2.45) is 7.05 Å². The normalized spacial score (nSPS) is 17.6. The summed E-state index contributed by atoms with van der Waals surface area (Å²) in [6.45, 7) is 5.92. The first-order valence-corrected chi connectivity index (χ1v) is 6.67. The van der Waals surface area contributed by atoms with Crippen LogP contribution in [0.25, 0.3) is 0 Å². The number of carbonyl (C=O) groups excluding carboxylic acids is 1. The van der Waals surface area contributed by atoms with Crippen LogP contribution in [0.5, 0.6) is 0 Å². The molecule has 2 rings (SSSR count). The quantitative estimate of drug-likeness (QED) is 0.776. The maximum atomic E-state index is 12.0. The monoisotopic (exact) mass is 265 g/mol. The lowest BCUT2D eigenvalue weighted by Crippen LogP contribution is -2.47. The first-order chi connectivity index (χ1) is 9.06. The van der Waals surface area contributed by atoms with E-state index in [-0.39, 0.29) is 5.91 Å². The molecule has 6 heteroatoms. The van der Waals surface area contributed by atoms with Crippen LogP contribution in [0.2, 0.25) is 0 Å². The molecule has 0 saturated carbocycles. The Bertz CT molecular complexity index is 434. The zero-order valence-electron chi connectivity index (χ0n) is 11.7. The van der Waals surface area contributed by atoms with E-state index in [0.717, 1.165) is 32.7 Å². The van der Waals surface area contributed by atoms with Gasteiger partial charge in [0.25, 0.3) is 5.91 Å². The van der Waals surface area contributed by atoms with Crippen molar-refractivity contribution in [1.82, 2.24) is 19.7 Å². The van der Waals surface area contributed by atoms with Crippen LogP contribution in [0.1, 0.15) is 10.5 Å². The van der Waals surface area contributed by atoms with Crippen LogP contribution in [0.4, 0.5) is 5.69 Å². The zero-order valence-corrected chi connectivity index (χ0v) is 11.7. The summed E-state index contributed by atoms with van der Waals surface area (Å²) < 4.78 is 1.75. The van der Waals surface area contributed by atoms with Gasteiger partial charge in [0.05, 0.1) is 5.69 Å². The highest BCUT2D eigenvalue weighted by molar-refractivity contribution is 5.93. The van der Waals surface area contributed by atoms with Gasteiger partial charge in [-0.25, -0.2) is 0 Å². The molecular formula is C13H23N5O. The third-order valence-electron chi connectivity index (χ3n) is 3.57. The number of aryl methyl sites for hydroxylation is 1. The van der Waals surface area contributed by atoms with E-state index in [0.29, 0.717) is 17.9 Å². The summed E-state index contributed by atoms with van der Waals surface area (Å²) in [5, 5.41) is 2.94. The number of nitrogens with one attached hydrogen (secondary N) is 1. The molecule has 3 N–H and O–H groups in total. The first kappa shape index (κ1) is 13.9. The molecule has 0 aromatic carbocycles.